The molecule has 0 aromatic carbocycles. The minimum atomic E-state index is 0.0517. The molecule has 0 N–H and O–H groups in total. The molecule has 0 bridgehead atoms. The van der Waals surface area contributed by atoms with Crippen molar-refractivity contribution in [2.24, 2.45) is 0 Å². The maximum atomic E-state index is 11.6. The fraction of sp³-hybridized carbons (Fsp3) is 0.571. The molecule has 1 unspecified atom stereocenters. The van der Waals surface area contributed by atoms with Crippen LogP contribution in [-0.2, 0) is 17.8 Å². The zero-order valence-electron chi connectivity index (χ0n) is 10.6. The predicted octanol–water partition coefficient (Wildman–Crippen LogP) is 1.72. The Morgan fingerprint density at radius 1 is 1.44 bits per heavy atom. The molecule has 1 aromatic rings. The molecule has 18 heavy (non-hydrogen) atoms. The van der Waals surface area contributed by atoms with Crippen LogP contribution in [0.3, 0.4) is 0 Å². The minimum absolute atomic E-state index is 0.0517. The lowest BCUT2D eigenvalue weighted by Gasteiger charge is -2.19. The SMILES string of the molecule is C=CC(=O)N1CCC(c2cnc3n2CCCC3)C1. The normalized spacial score (nSPS) is 22.9. The summed E-state index contributed by atoms with van der Waals surface area (Å²) in [5, 5.41) is 0. The molecule has 1 saturated heterocycles. The van der Waals surface area contributed by atoms with Gasteiger partial charge in [0.2, 0.25) is 5.91 Å². The summed E-state index contributed by atoms with van der Waals surface area (Å²) in [6.07, 6.45) is 8.08. The Kier molecular flexibility index (Phi) is 2.94. The number of likely N-dealkylation sites (tertiary alicyclic amines) is 1. The highest BCUT2D eigenvalue weighted by Crippen LogP contribution is 2.29. The van der Waals surface area contributed by atoms with E-state index in [2.05, 4.69) is 16.1 Å². The number of carbonyl (C=O) groups excluding carboxylic acids is 1. The standard InChI is InChI=1S/C14H19N3O/c1-2-14(18)16-8-6-11(10-16)12-9-15-13-5-3-4-7-17(12)13/h2,9,11H,1,3-8,10H2. The van der Waals surface area contributed by atoms with Crippen LogP contribution in [0.2, 0.25) is 0 Å². The summed E-state index contributed by atoms with van der Waals surface area (Å²) in [5.41, 5.74) is 1.32. The smallest absolute Gasteiger partial charge is 0.245 e. The number of nitrogens with zero attached hydrogens (tertiary/aromatic N) is 3. The van der Waals surface area contributed by atoms with E-state index in [-0.39, 0.29) is 5.91 Å². The van der Waals surface area contributed by atoms with E-state index < -0.39 is 0 Å². The van der Waals surface area contributed by atoms with Crippen LogP contribution in [0.5, 0.6) is 0 Å². The molecule has 0 spiro atoms. The first-order chi connectivity index (χ1) is 8.79. The highest BCUT2D eigenvalue weighted by molar-refractivity contribution is 5.87. The van der Waals surface area contributed by atoms with Crippen LogP contribution in [0.1, 0.15) is 36.7 Å². The van der Waals surface area contributed by atoms with Gasteiger partial charge < -0.3 is 9.47 Å². The van der Waals surface area contributed by atoms with Crippen molar-refractivity contribution in [3.63, 3.8) is 0 Å². The number of amides is 1. The second-order valence-corrected chi connectivity index (χ2v) is 5.18. The lowest BCUT2D eigenvalue weighted by molar-refractivity contribution is -0.125. The van der Waals surface area contributed by atoms with E-state index in [4.69, 9.17) is 0 Å². The summed E-state index contributed by atoms with van der Waals surface area (Å²) in [6, 6.07) is 0. The molecule has 2 aliphatic heterocycles. The maximum Gasteiger partial charge on any atom is 0.245 e. The monoisotopic (exact) mass is 245 g/mol. The third-order valence-electron chi connectivity index (χ3n) is 4.09. The van der Waals surface area contributed by atoms with Gasteiger partial charge in [-0.1, -0.05) is 6.58 Å². The third kappa shape index (κ3) is 1.85. The first-order valence-corrected chi connectivity index (χ1v) is 6.75. The molecule has 1 amide bonds. The van der Waals surface area contributed by atoms with Gasteiger partial charge in [0.25, 0.3) is 0 Å². The van der Waals surface area contributed by atoms with Crippen molar-refractivity contribution < 1.29 is 4.79 Å². The van der Waals surface area contributed by atoms with E-state index in [0.717, 1.165) is 32.5 Å². The first-order valence-electron chi connectivity index (χ1n) is 6.75. The van der Waals surface area contributed by atoms with E-state index in [1.807, 2.05) is 11.1 Å². The van der Waals surface area contributed by atoms with Crippen LogP contribution in [0.25, 0.3) is 0 Å². The molecular formula is C14H19N3O. The summed E-state index contributed by atoms with van der Waals surface area (Å²) in [7, 11) is 0. The highest BCUT2D eigenvalue weighted by atomic mass is 16.2. The summed E-state index contributed by atoms with van der Waals surface area (Å²) < 4.78 is 2.37. The Hall–Kier alpha value is -1.58. The summed E-state index contributed by atoms with van der Waals surface area (Å²) >= 11 is 0. The van der Waals surface area contributed by atoms with Gasteiger partial charge in [-0.25, -0.2) is 4.98 Å². The Balaban J connectivity index is 1.78. The van der Waals surface area contributed by atoms with Crippen molar-refractivity contribution in [2.45, 2.75) is 38.1 Å². The fourth-order valence-electron chi connectivity index (χ4n) is 3.10. The molecule has 4 nitrogen and oxygen atoms in total. The van der Waals surface area contributed by atoms with Crippen molar-refractivity contribution in [3.05, 3.63) is 30.4 Å². The van der Waals surface area contributed by atoms with Crippen molar-refractivity contribution in [1.29, 1.82) is 0 Å². The van der Waals surface area contributed by atoms with Gasteiger partial charge in [0.1, 0.15) is 5.82 Å². The average Bonchev–Trinajstić information content (AvgIpc) is 3.03. The van der Waals surface area contributed by atoms with Gasteiger partial charge in [0.15, 0.2) is 0 Å². The maximum absolute atomic E-state index is 11.6. The third-order valence-corrected chi connectivity index (χ3v) is 4.09. The van der Waals surface area contributed by atoms with Gasteiger partial charge in [-0.05, 0) is 25.3 Å². The number of rotatable bonds is 2. The van der Waals surface area contributed by atoms with E-state index in [9.17, 15) is 4.79 Å². The Morgan fingerprint density at radius 3 is 3.17 bits per heavy atom. The number of hydrogen-bond acceptors (Lipinski definition) is 2. The molecule has 0 saturated carbocycles. The second kappa shape index (κ2) is 4.59. The van der Waals surface area contributed by atoms with Crippen LogP contribution in [-0.4, -0.2) is 33.4 Å². The Bertz CT molecular complexity index is 477. The summed E-state index contributed by atoms with van der Waals surface area (Å²) in [5.74, 6) is 1.73. The fourth-order valence-corrected chi connectivity index (χ4v) is 3.10. The topological polar surface area (TPSA) is 38.1 Å². The van der Waals surface area contributed by atoms with Gasteiger partial charge in [-0.3, -0.25) is 4.79 Å². The molecule has 3 rings (SSSR count). The van der Waals surface area contributed by atoms with Crippen molar-refractivity contribution >= 4 is 5.91 Å². The molecular weight excluding hydrogens is 226 g/mol. The zero-order chi connectivity index (χ0) is 12.5. The average molecular weight is 245 g/mol. The molecule has 0 aliphatic carbocycles. The van der Waals surface area contributed by atoms with Gasteiger partial charge >= 0.3 is 0 Å². The van der Waals surface area contributed by atoms with E-state index >= 15 is 0 Å². The second-order valence-electron chi connectivity index (χ2n) is 5.18. The number of hydrogen-bond donors (Lipinski definition) is 0. The van der Waals surface area contributed by atoms with Crippen LogP contribution in [0, 0.1) is 0 Å². The molecule has 1 atom stereocenters. The van der Waals surface area contributed by atoms with Gasteiger partial charge in [-0.2, -0.15) is 0 Å². The lowest BCUT2D eigenvalue weighted by Crippen LogP contribution is -2.26. The quantitative estimate of drug-likeness (QED) is 0.744. The van der Waals surface area contributed by atoms with E-state index in [0.29, 0.717) is 5.92 Å². The van der Waals surface area contributed by atoms with Crippen molar-refractivity contribution in [3.8, 4) is 0 Å². The van der Waals surface area contributed by atoms with Gasteiger partial charge in [-0.15, -0.1) is 0 Å². The number of fused-ring (bicyclic) bond motifs is 1. The van der Waals surface area contributed by atoms with Crippen molar-refractivity contribution in [1.82, 2.24) is 14.5 Å². The Labute approximate surface area is 107 Å². The lowest BCUT2D eigenvalue weighted by atomic mass is 10.0. The van der Waals surface area contributed by atoms with Crippen LogP contribution in [0.15, 0.2) is 18.9 Å². The number of aromatic nitrogens is 2. The number of imidazole rings is 1. The minimum Gasteiger partial charge on any atom is -0.338 e. The molecule has 96 valence electrons. The molecule has 2 aliphatic rings. The van der Waals surface area contributed by atoms with E-state index in [1.54, 1.807) is 0 Å². The first kappa shape index (κ1) is 11.5. The van der Waals surface area contributed by atoms with Crippen LogP contribution >= 0.6 is 0 Å². The molecule has 3 heterocycles. The number of carbonyl (C=O) groups is 1. The predicted molar refractivity (Wildman–Crippen MR) is 69.3 cm³/mol. The zero-order valence-corrected chi connectivity index (χ0v) is 10.6. The molecule has 0 radical (unpaired) electrons. The molecule has 1 aromatic heterocycles. The van der Waals surface area contributed by atoms with Crippen LogP contribution in [0.4, 0.5) is 0 Å². The number of aryl methyl sites for hydroxylation is 1. The van der Waals surface area contributed by atoms with E-state index in [1.165, 1.54) is 30.4 Å². The summed E-state index contributed by atoms with van der Waals surface area (Å²) in [6.45, 7) is 6.31. The van der Waals surface area contributed by atoms with Gasteiger partial charge in [0.05, 0.1) is 0 Å². The van der Waals surface area contributed by atoms with Crippen molar-refractivity contribution in [2.75, 3.05) is 13.1 Å². The van der Waals surface area contributed by atoms with Gasteiger partial charge in [0, 0.05) is 43.9 Å². The summed E-state index contributed by atoms with van der Waals surface area (Å²) in [4.78, 5) is 18.0. The van der Waals surface area contributed by atoms with Crippen LogP contribution < -0.4 is 0 Å². The molecule has 4 heteroatoms. The Morgan fingerprint density at radius 2 is 2.33 bits per heavy atom. The highest BCUT2D eigenvalue weighted by Gasteiger charge is 2.29. The largest absolute Gasteiger partial charge is 0.338 e. The molecule has 1 fully saturated rings.